The summed E-state index contributed by atoms with van der Waals surface area (Å²) >= 11 is 0. The van der Waals surface area contributed by atoms with Crippen LogP contribution in [0.4, 0.5) is 0 Å². The molecule has 2 heteroatoms. The van der Waals surface area contributed by atoms with E-state index >= 15 is 0 Å². The standard InChI is InChI=1S/C12H12N2/c1-3-5-8-11(13-4-2)12-9-6-7-10-14-12/h3-10H,1-2H2/b8-5-,13-11?. The highest BCUT2D eigenvalue weighted by Gasteiger charge is 1.97. The Kier molecular flexibility index (Phi) is 4.08. The summed E-state index contributed by atoms with van der Waals surface area (Å²) in [7, 11) is 0. The number of aliphatic imine (C=N–C) groups is 1. The van der Waals surface area contributed by atoms with Crippen LogP contribution in [0.15, 0.2) is 67.0 Å². The highest BCUT2D eigenvalue weighted by molar-refractivity contribution is 6.07. The Balaban J connectivity index is 3.01. The number of rotatable bonds is 4. The Morgan fingerprint density at radius 2 is 2.21 bits per heavy atom. The van der Waals surface area contributed by atoms with Gasteiger partial charge < -0.3 is 0 Å². The molecule has 1 heterocycles. The fourth-order valence-electron chi connectivity index (χ4n) is 0.966. The molecule has 0 amide bonds. The summed E-state index contributed by atoms with van der Waals surface area (Å²) in [4.78, 5) is 8.30. The monoisotopic (exact) mass is 184 g/mol. The first kappa shape index (κ1) is 10.1. The summed E-state index contributed by atoms with van der Waals surface area (Å²) in [5, 5.41) is 0. The molecule has 0 bridgehead atoms. The molecule has 0 saturated heterocycles. The van der Waals surface area contributed by atoms with Crippen LogP contribution in [0, 0.1) is 0 Å². The molecule has 0 aromatic carbocycles. The van der Waals surface area contributed by atoms with Crippen LogP contribution < -0.4 is 0 Å². The van der Waals surface area contributed by atoms with E-state index in [0.29, 0.717) is 0 Å². The number of hydrogen-bond acceptors (Lipinski definition) is 2. The second kappa shape index (κ2) is 5.65. The minimum atomic E-state index is 0.778. The topological polar surface area (TPSA) is 25.2 Å². The number of nitrogens with zero attached hydrogens (tertiary/aromatic N) is 2. The van der Waals surface area contributed by atoms with Gasteiger partial charge in [0.25, 0.3) is 0 Å². The average Bonchev–Trinajstić information content (AvgIpc) is 2.25. The molecule has 70 valence electrons. The van der Waals surface area contributed by atoms with Crippen molar-refractivity contribution < 1.29 is 0 Å². The quantitative estimate of drug-likeness (QED) is 0.521. The first-order chi connectivity index (χ1) is 6.88. The van der Waals surface area contributed by atoms with E-state index in [1.54, 1.807) is 12.3 Å². The third-order valence-corrected chi connectivity index (χ3v) is 1.55. The Morgan fingerprint density at radius 3 is 2.79 bits per heavy atom. The lowest BCUT2D eigenvalue weighted by Gasteiger charge is -1.97. The Bertz CT molecular complexity index is 361. The van der Waals surface area contributed by atoms with Gasteiger partial charge in [-0.05, 0) is 18.2 Å². The van der Waals surface area contributed by atoms with Gasteiger partial charge in [0.1, 0.15) is 0 Å². The van der Waals surface area contributed by atoms with Crippen LogP contribution in [-0.4, -0.2) is 10.7 Å². The SMILES string of the molecule is C=C/C=C\C(=NC=C)c1ccccn1. The minimum Gasteiger partial charge on any atom is -0.255 e. The summed E-state index contributed by atoms with van der Waals surface area (Å²) in [5.74, 6) is 0. The Morgan fingerprint density at radius 1 is 1.36 bits per heavy atom. The zero-order valence-electron chi connectivity index (χ0n) is 7.93. The number of aromatic nitrogens is 1. The number of hydrogen-bond donors (Lipinski definition) is 0. The summed E-state index contributed by atoms with van der Waals surface area (Å²) < 4.78 is 0. The maximum Gasteiger partial charge on any atom is 0.0886 e. The molecule has 1 aromatic heterocycles. The molecule has 0 spiro atoms. The van der Waals surface area contributed by atoms with Crippen molar-refractivity contribution in [1.29, 1.82) is 0 Å². The third kappa shape index (κ3) is 2.83. The Hall–Kier alpha value is -1.96. The summed E-state index contributed by atoms with van der Waals surface area (Å²) in [6, 6.07) is 5.69. The van der Waals surface area contributed by atoms with Gasteiger partial charge in [-0.15, -0.1) is 0 Å². The van der Waals surface area contributed by atoms with Gasteiger partial charge in [-0.1, -0.05) is 31.4 Å². The van der Waals surface area contributed by atoms with Crippen molar-refractivity contribution in [2.75, 3.05) is 0 Å². The zero-order chi connectivity index (χ0) is 10.2. The first-order valence-electron chi connectivity index (χ1n) is 4.27. The fraction of sp³-hybridized carbons (Fsp3) is 0. The molecule has 0 unspecified atom stereocenters. The normalized spacial score (nSPS) is 11.6. The molecule has 14 heavy (non-hydrogen) atoms. The predicted molar refractivity (Wildman–Crippen MR) is 60.3 cm³/mol. The van der Waals surface area contributed by atoms with E-state index in [9.17, 15) is 0 Å². The van der Waals surface area contributed by atoms with Crippen molar-refractivity contribution in [3.63, 3.8) is 0 Å². The van der Waals surface area contributed by atoms with Gasteiger partial charge in [0, 0.05) is 12.4 Å². The van der Waals surface area contributed by atoms with E-state index in [1.165, 1.54) is 6.20 Å². The molecule has 0 aliphatic heterocycles. The molecule has 0 aliphatic carbocycles. The lowest BCUT2D eigenvalue weighted by Crippen LogP contribution is -1.98. The van der Waals surface area contributed by atoms with Crippen molar-refractivity contribution >= 4 is 5.71 Å². The van der Waals surface area contributed by atoms with Gasteiger partial charge in [-0.2, -0.15) is 0 Å². The van der Waals surface area contributed by atoms with Crippen LogP contribution in [0.1, 0.15) is 5.69 Å². The van der Waals surface area contributed by atoms with Crippen LogP contribution in [0.2, 0.25) is 0 Å². The zero-order valence-corrected chi connectivity index (χ0v) is 7.93. The molecular weight excluding hydrogens is 172 g/mol. The summed E-state index contributed by atoms with van der Waals surface area (Å²) in [6.45, 7) is 7.16. The second-order valence-electron chi connectivity index (χ2n) is 2.51. The van der Waals surface area contributed by atoms with Crippen molar-refractivity contribution in [1.82, 2.24) is 4.98 Å². The summed E-state index contributed by atoms with van der Waals surface area (Å²) in [6.07, 6.45) is 8.59. The largest absolute Gasteiger partial charge is 0.255 e. The van der Waals surface area contributed by atoms with Crippen molar-refractivity contribution in [3.05, 3.63) is 67.7 Å². The first-order valence-corrected chi connectivity index (χ1v) is 4.27. The van der Waals surface area contributed by atoms with Crippen LogP contribution in [0.25, 0.3) is 0 Å². The van der Waals surface area contributed by atoms with E-state index in [2.05, 4.69) is 23.1 Å². The maximum absolute atomic E-state index is 4.19. The predicted octanol–water partition coefficient (Wildman–Crippen LogP) is 2.76. The molecular formula is C12H12N2. The van der Waals surface area contributed by atoms with Gasteiger partial charge in [-0.3, -0.25) is 9.98 Å². The second-order valence-corrected chi connectivity index (χ2v) is 2.51. The number of allylic oxidation sites excluding steroid dienone is 3. The minimum absolute atomic E-state index is 0.778. The molecule has 0 saturated carbocycles. The molecule has 0 atom stereocenters. The van der Waals surface area contributed by atoms with Crippen LogP contribution in [0.3, 0.4) is 0 Å². The van der Waals surface area contributed by atoms with E-state index < -0.39 is 0 Å². The van der Waals surface area contributed by atoms with Gasteiger partial charge in [0.15, 0.2) is 0 Å². The summed E-state index contributed by atoms with van der Waals surface area (Å²) in [5.41, 5.74) is 1.60. The van der Waals surface area contributed by atoms with E-state index in [4.69, 9.17) is 0 Å². The van der Waals surface area contributed by atoms with Crippen molar-refractivity contribution in [2.45, 2.75) is 0 Å². The lowest BCUT2D eigenvalue weighted by molar-refractivity contribution is 1.29. The van der Waals surface area contributed by atoms with Crippen molar-refractivity contribution in [2.24, 2.45) is 4.99 Å². The van der Waals surface area contributed by atoms with E-state index in [0.717, 1.165) is 11.4 Å². The van der Waals surface area contributed by atoms with Gasteiger partial charge in [0.05, 0.1) is 11.4 Å². The maximum atomic E-state index is 4.19. The smallest absolute Gasteiger partial charge is 0.0886 e. The highest BCUT2D eigenvalue weighted by atomic mass is 14.8. The van der Waals surface area contributed by atoms with Gasteiger partial charge >= 0.3 is 0 Å². The van der Waals surface area contributed by atoms with E-state index in [-0.39, 0.29) is 0 Å². The highest BCUT2D eigenvalue weighted by Crippen LogP contribution is 1.99. The molecule has 0 fully saturated rings. The van der Waals surface area contributed by atoms with Crippen LogP contribution >= 0.6 is 0 Å². The van der Waals surface area contributed by atoms with Crippen LogP contribution in [0.5, 0.6) is 0 Å². The van der Waals surface area contributed by atoms with Crippen molar-refractivity contribution in [3.8, 4) is 0 Å². The molecule has 1 aromatic rings. The molecule has 0 aliphatic rings. The molecule has 0 N–H and O–H groups in total. The van der Waals surface area contributed by atoms with Gasteiger partial charge in [-0.25, -0.2) is 0 Å². The molecule has 1 rings (SSSR count). The number of pyridine rings is 1. The fourth-order valence-corrected chi connectivity index (χ4v) is 0.966. The average molecular weight is 184 g/mol. The molecule has 2 nitrogen and oxygen atoms in total. The Labute approximate surface area is 84.0 Å². The van der Waals surface area contributed by atoms with Gasteiger partial charge in [0.2, 0.25) is 0 Å². The third-order valence-electron chi connectivity index (χ3n) is 1.55. The van der Waals surface area contributed by atoms with Crippen LogP contribution in [-0.2, 0) is 0 Å². The lowest BCUT2D eigenvalue weighted by atomic mass is 10.2. The molecule has 0 radical (unpaired) electrons. The van der Waals surface area contributed by atoms with E-state index in [1.807, 2.05) is 30.4 Å².